The Kier molecular flexibility index (Phi) is 2.32. The Hall–Kier alpha value is -0.980. The van der Waals surface area contributed by atoms with Gasteiger partial charge in [0.1, 0.15) is 0 Å². The van der Waals surface area contributed by atoms with Gasteiger partial charge < -0.3 is 0 Å². The SMILES string of the molecule is N#Cc1cccc(S[O])c1. The molecule has 0 atom stereocenters. The van der Waals surface area contributed by atoms with Crippen LogP contribution in [-0.2, 0) is 4.55 Å². The van der Waals surface area contributed by atoms with Crippen LogP contribution in [-0.4, -0.2) is 0 Å². The second kappa shape index (κ2) is 3.25. The van der Waals surface area contributed by atoms with Crippen LogP contribution in [0.15, 0.2) is 29.2 Å². The molecule has 0 heterocycles. The lowest BCUT2D eigenvalue weighted by Gasteiger charge is -1.90. The molecule has 0 bridgehead atoms. The zero-order valence-electron chi connectivity index (χ0n) is 5.07. The normalized spacial score (nSPS) is 8.80. The maximum Gasteiger partial charge on any atom is 0.0992 e. The Labute approximate surface area is 63.3 Å². The van der Waals surface area contributed by atoms with Crippen molar-refractivity contribution in [1.29, 1.82) is 5.26 Å². The van der Waals surface area contributed by atoms with Crippen molar-refractivity contribution >= 4 is 12.0 Å². The van der Waals surface area contributed by atoms with Gasteiger partial charge in [-0.25, -0.2) is 0 Å². The second-order valence-corrected chi connectivity index (χ2v) is 2.36. The fourth-order valence-electron chi connectivity index (χ4n) is 0.617. The molecule has 0 unspecified atom stereocenters. The summed E-state index contributed by atoms with van der Waals surface area (Å²) in [4.78, 5) is 0.582. The molecule has 0 saturated carbocycles. The van der Waals surface area contributed by atoms with Gasteiger partial charge >= 0.3 is 0 Å². The molecule has 0 aromatic heterocycles. The fraction of sp³-hybridized carbons (Fsp3) is 0. The lowest BCUT2D eigenvalue weighted by molar-refractivity contribution is 0.531. The number of rotatable bonds is 1. The van der Waals surface area contributed by atoms with E-state index < -0.39 is 0 Å². The summed E-state index contributed by atoms with van der Waals surface area (Å²) >= 11 is 0.397. The van der Waals surface area contributed by atoms with Crippen molar-refractivity contribution in [2.24, 2.45) is 0 Å². The third-order valence-electron chi connectivity index (χ3n) is 1.06. The third-order valence-corrected chi connectivity index (χ3v) is 1.51. The zero-order chi connectivity index (χ0) is 7.40. The summed E-state index contributed by atoms with van der Waals surface area (Å²) in [6.45, 7) is 0. The first-order valence-electron chi connectivity index (χ1n) is 2.67. The zero-order valence-corrected chi connectivity index (χ0v) is 5.89. The van der Waals surface area contributed by atoms with E-state index in [1.165, 1.54) is 0 Å². The standard InChI is InChI=1S/C7H4NOS/c8-5-6-2-1-3-7(4-6)10-9/h1-4H. The van der Waals surface area contributed by atoms with Crippen LogP contribution < -0.4 is 0 Å². The predicted molar refractivity (Wildman–Crippen MR) is 37.7 cm³/mol. The summed E-state index contributed by atoms with van der Waals surface area (Å²) < 4.78 is 10.2. The quantitative estimate of drug-likeness (QED) is 0.574. The van der Waals surface area contributed by atoms with Crippen LogP contribution in [0.1, 0.15) is 5.56 Å². The summed E-state index contributed by atoms with van der Waals surface area (Å²) in [6.07, 6.45) is 0. The van der Waals surface area contributed by atoms with E-state index in [0.717, 1.165) is 0 Å². The summed E-state index contributed by atoms with van der Waals surface area (Å²) in [5, 5.41) is 8.40. The molecule has 1 rings (SSSR count). The molecule has 2 nitrogen and oxygen atoms in total. The molecule has 0 aliphatic heterocycles. The van der Waals surface area contributed by atoms with Crippen LogP contribution in [0.2, 0.25) is 0 Å². The van der Waals surface area contributed by atoms with E-state index in [1.54, 1.807) is 24.3 Å². The summed E-state index contributed by atoms with van der Waals surface area (Å²) in [6, 6.07) is 8.56. The Morgan fingerprint density at radius 1 is 1.50 bits per heavy atom. The van der Waals surface area contributed by atoms with Crippen LogP contribution in [0.4, 0.5) is 0 Å². The van der Waals surface area contributed by atoms with Gasteiger partial charge in [0.05, 0.1) is 23.7 Å². The van der Waals surface area contributed by atoms with Crippen molar-refractivity contribution < 1.29 is 4.55 Å². The van der Waals surface area contributed by atoms with Crippen LogP contribution in [0.5, 0.6) is 0 Å². The molecule has 1 radical (unpaired) electrons. The maximum absolute atomic E-state index is 10.2. The molecule has 0 amide bonds. The van der Waals surface area contributed by atoms with E-state index in [2.05, 4.69) is 0 Å². The number of hydrogen-bond acceptors (Lipinski definition) is 2. The van der Waals surface area contributed by atoms with E-state index in [0.29, 0.717) is 22.5 Å². The van der Waals surface area contributed by atoms with Crippen LogP contribution in [0, 0.1) is 11.3 Å². The molecule has 0 aliphatic rings. The molecule has 0 saturated heterocycles. The van der Waals surface area contributed by atoms with Gasteiger partial charge in [0, 0.05) is 4.90 Å². The molecule has 49 valence electrons. The van der Waals surface area contributed by atoms with E-state index >= 15 is 0 Å². The van der Waals surface area contributed by atoms with Crippen molar-refractivity contribution in [2.45, 2.75) is 4.90 Å². The fourth-order valence-corrected chi connectivity index (χ4v) is 0.927. The first-order chi connectivity index (χ1) is 4.86. The van der Waals surface area contributed by atoms with Crippen molar-refractivity contribution in [2.75, 3.05) is 0 Å². The molecule has 10 heavy (non-hydrogen) atoms. The lowest BCUT2D eigenvalue weighted by Crippen LogP contribution is -1.73. The van der Waals surface area contributed by atoms with Crippen LogP contribution >= 0.6 is 12.0 Å². The molecule has 3 heteroatoms. The van der Waals surface area contributed by atoms with Gasteiger partial charge in [0.25, 0.3) is 0 Å². The number of hydrogen-bond donors (Lipinski definition) is 0. The van der Waals surface area contributed by atoms with E-state index in [1.807, 2.05) is 6.07 Å². The molecule has 0 aliphatic carbocycles. The number of nitriles is 1. The van der Waals surface area contributed by atoms with E-state index in [-0.39, 0.29) is 0 Å². The third kappa shape index (κ3) is 1.50. The Bertz CT molecular complexity index is 267. The summed E-state index contributed by atoms with van der Waals surface area (Å²) in [5.41, 5.74) is 0.529. The summed E-state index contributed by atoms with van der Waals surface area (Å²) in [5.74, 6) is 0. The van der Waals surface area contributed by atoms with Gasteiger partial charge in [-0.15, -0.1) is 4.55 Å². The summed E-state index contributed by atoms with van der Waals surface area (Å²) in [7, 11) is 0. The van der Waals surface area contributed by atoms with Crippen molar-refractivity contribution in [1.82, 2.24) is 0 Å². The molecule has 0 spiro atoms. The first-order valence-corrected chi connectivity index (χ1v) is 3.41. The highest BCUT2D eigenvalue weighted by Gasteiger charge is 1.92. The molecule has 1 aromatic rings. The predicted octanol–water partition coefficient (Wildman–Crippen LogP) is 2.00. The molecular formula is C7H4NOS. The highest BCUT2D eigenvalue weighted by Crippen LogP contribution is 2.15. The second-order valence-electron chi connectivity index (χ2n) is 1.72. The van der Waals surface area contributed by atoms with E-state index in [4.69, 9.17) is 5.26 Å². The Morgan fingerprint density at radius 2 is 2.30 bits per heavy atom. The molecule has 0 fully saturated rings. The topological polar surface area (TPSA) is 43.7 Å². The highest BCUT2D eigenvalue weighted by atomic mass is 32.2. The van der Waals surface area contributed by atoms with Gasteiger partial charge in [0.15, 0.2) is 0 Å². The average molecular weight is 150 g/mol. The first kappa shape index (κ1) is 7.13. The average Bonchev–Trinajstić information content (AvgIpc) is 2.05. The lowest BCUT2D eigenvalue weighted by atomic mass is 10.2. The van der Waals surface area contributed by atoms with Gasteiger partial charge in [0.2, 0.25) is 0 Å². The Morgan fingerprint density at radius 3 is 2.90 bits per heavy atom. The van der Waals surface area contributed by atoms with Gasteiger partial charge in [-0.3, -0.25) is 0 Å². The van der Waals surface area contributed by atoms with Gasteiger partial charge in [-0.1, -0.05) is 6.07 Å². The molecule has 1 aromatic carbocycles. The molecule has 0 N–H and O–H groups in total. The highest BCUT2D eigenvalue weighted by molar-refractivity contribution is 7.93. The number of benzene rings is 1. The number of nitrogens with zero attached hydrogens (tertiary/aromatic N) is 1. The van der Waals surface area contributed by atoms with Gasteiger partial charge in [-0.2, -0.15) is 5.26 Å². The Balaban J connectivity index is 3.01. The smallest absolute Gasteiger partial charge is 0.0992 e. The monoisotopic (exact) mass is 150 g/mol. The maximum atomic E-state index is 10.2. The van der Waals surface area contributed by atoms with E-state index in [9.17, 15) is 4.55 Å². The minimum absolute atomic E-state index is 0.397. The minimum atomic E-state index is 0.397. The van der Waals surface area contributed by atoms with Crippen LogP contribution in [0.3, 0.4) is 0 Å². The minimum Gasteiger partial charge on any atom is -0.192 e. The molecular weight excluding hydrogens is 146 g/mol. The largest absolute Gasteiger partial charge is 0.192 e. The van der Waals surface area contributed by atoms with Gasteiger partial charge in [-0.05, 0) is 18.2 Å². The van der Waals surface area contributed by atoms with Crippen LogP contribution in [0.25, 0.3) is 0 Å². The van der Waals surface area contributed by atoms with Crippen molar-refractivity contribution in [3.05, 3.63) is 29.8 Å². The van der Waals surface area contributed by atoms with Crippen molar-refractivity contribution in [3.8, 4) is 6.07 Å². The van der Waals surface area contributed by atoms with Crippen molar-refractivity contribution in [3.63, 3.8) is 0 Å².